The zero-order valence-electron chi connectivity index (χ0n) is 14.1. The van der Waals surface area contributed by atoms with Crippen LogP contribution < -0.4 is 5.73 Å². The highest BCUT2D eigenvalue weighted by molar-refractivity contribution is 7.39. The summed E-state index contributed by atoms with van der Waals surface area (Å²) in [6.07, 6.45) is 6.89. The summed E-state index contributed by atoms with van der Waals surface area (Å²) in [4.78, 5) is 11.7. The van der Waals surface area contributed by atoms with E-state index in [1.807, 2.05) is 13.8 Å². The van der Waals surface area contributed by atoms with Gasteiger partial charge in [-0.3, -0.25) is 4.79 Å². The van der Waals surface area contributed by atoms with Gasteiger partial charge in [-0.1, -0.05) is 33.1 Å². The quantitative estimate of drug-likeness (QED) is 0.516. The maximum atomic E-state index is 12.1. The van der Waals surface area contributed by atoms with Gasteiger partial charge in [0.05, 0.1) is 7.11 Å². The number of hydrogen-bond donors (Lipinski definition) is 1. The molecule has 0 amide bonds. The Hall–Kier alpha value is -0.510. The molecule has 0 radical (unpaired) electrons. The van der Waals surface area contributed by atoms with Crippen LogP contribution in [0.25, 0.3) is 0 Å². The molecule has 0 aliphatic heterocycles. The molecule has 0 saturated heterocycles. The highest BCUT2D eigenvalue weighted by atomic mass is 31.1. The van der Waals surface area contributed by atoms with Gasteiger partial charge < -0.3 is 10.5 Å². The molecule has 0 aromatic carbocycles. The molecule has 5 nitrogen and oxygen atoms in total. The van der Waals surface area contributed by atoms with Gasteiger partial charge in [-0.15, -0.1) is 4.52 Å². The molecule has 1 aliphatic carbocycles. The number of rotatable bonds is 9. The second-order valence-corrected chi connectivity index (χ2v) is 8.01. The highest BCUT2D eigenvalue weighted by Crippen LogP contribution is 2.31. The van der Waals surface area contributed by atoms with E-state index in [1.165, 1.54) is 26.4 Å². The van der Waals surface area contributed by atoms with Crippen LogP contribution in [0, 0.1) is 17.8 Å². The van der Waals surface area contributed by atoms with Crippen LogP contribution in [-0.2, 0) is 18.6 Å². The fourth-order valence-electron chi connectivity index (χ4n) is 3.08. The van der Waals surface area contributed by atoms with Crippen LogP contribution in [0.3, 0.4) is 0 Å². The van der Waals surface area contributed by atoms with E-state index in [2.05, 4.69) is 0 Å². The van der Waals surface area contributed by atoms with Crippen molar-refractivity contribution in [1.29, 1.82) is 0 Å². The molecule has 1 saturated carbocycles. The molecule has 0 heterocycles. The Morgan fingerprint density at radius 2 is 1.91 bits per heavy atom. The maximum absolute atomic E-state index is 12.1. The van der Waals surface area contributed by atoms with Gasteiger partial charge in [0.1, 0.15) is 12.5 Å². The molecule has 2 N–H and O–H groups in total. The first-order valence-electron chi connectivity index (χ1n) is 8.35. The second-order valence-electron chi connectivity index (χ2n) is 6.72. The third kappa shape index (κ3) is 7.17. The minimum absolute atomic E-state index is 0.0547. The molecule has 1 rings (SSSR count). The molecule has 128 valence electrons. The van der Waals surface area contributed by atoms with E-state index in [0.717, 1.165) is 12.8 Å². The van der Waals surface area contributed by atoms with Crippen LogP contribution in [0.1, 0.15) is 52.4 Å². The van der Waals surface area contributed by atoms with E-state index >= 15 is 0 Å². The Labute approximate surface area is 135 Å². The fourth-order valence-corrected chi connectivity index (χ4v) is 4.18. The van der Waals surface area contributed by atoms with Crippen LogP contribution in [-0.4, -0.2) is 31.9 Å². The molecule has 3 atom stereocenters. The normalized spacial score (nSPS) is 19.8. The van der Waals surface area contributed by atoms with Crippen molar-refractivity contribution in [1.82, 2.24) is 0 Å². The van der Waals surface area contributed by atoms with Crippen molar-refractivity contribution >= 4 is 14.0 Å². The van der Waals surface area contributed by atoms with Gasteiger partial charge in [-0.05, 0) is 35.7 Å². The van der Waals surface area contributed by atoms with Gasteiger partial charge in [0, 0.05) is 6.04 Å². The summed E-state index contributed by atoms with van der Waals surface area (Å²) < 4.78 is 22.3. The Bertz CT molecular complexity index is 356. The molecular formula is C16H31NO4P+. The molecular weight excluding hydrogens is 301 g/mol. The summed E-state index contributed by atoms with van der Waals surface area (Å²) in [7, 11) is -0.509. The lowest BCUT2D eigenvalue weighted by atomic mass is 9.85. The van der Waals surface area contributed by atoms with E-state index in [-0.39, 0.29) is 24.1 Å². The molecule has 22 heavy (non-hydrogen) atoms. The van der Waals surface area contributed by atoms with Crippen molar-refractivity contribution in [2.45, 2.75) is 58.4 Å². The average Bonchev–Trinajstić information content (AvgIpc) is 2.51. The van der Waals surface area contributed by atoms with Gasteiger partial charge >= 0.3 is 14.0 Å². The maximum Gasteiger partial charge on any atom is 0.509 e. The number of hydrogen-bond acceptors (Lipinski definition) is 5. The Balaban J connectivity index is 2.37. The lowest BCUT2D eigenvalue weighted by Crippen LogP contribution is -2.35. The van der Waals surface area contributed by atoms with Crippen LogP contribution >= 0.6 is 8.03 Å². The minimum atomic E-state index is -1.87. The fraction of sp³-hybridized carbons (Fsp3) is 0.938. The number of esters is 1. The zero-order valence-corrected chi connectivity index (χ0v) is 15.0. The van der Waals surface area contributed by atoms with Crippen molar-refractivity contribution in [3.05, 3.63) is 0 Å². The van der Waals surface area contributed by atoms with Gasteiger partial charge in [0.15, 0.2) is 6.16 Å². The minimum Gasteiger partial charge on any atom is -0.469 e. The van der Waals surface area contributed by atoms with Gasteiger partial charge in [0.2, 0.25) is 0 Å². The predicted octanol–water partition coefficient (Wildman–Crippen LogP) is 3.49. The van der Waals surface area contributed by atoms with Crippen LogP contribution in [0.2, 0.25) is 0 Å². The standard InChI is InChI=1S/C16H31NO4P/c1-12(2)9-14(16(18)20-3)11-22(19)21-10-15(17)13-7-5-4-6-8-13/h12-15H,4-11,17H2,1-3H3/q+1. The number of ether oxygens (including phenoxy) is 1. The Kier molecular flexibility index (Phi) is 9.15. The lowest BCUT2D eigenvalue weighted by molar-refractivity contribution is -0.145. The first kappa shape index (κ1) is 19.5. The summed E-state index contributed by atoms with van der Waals surface area (Å²) in [5.41, 5.74) is 6.15. The van der Waals surface area contributed by atoms with E-state index in [0.29, 0.717) is 24.9 Å². The Morgan fingerprint density at radius 3 is 2.45 bits per heavy atom. The monoisotopic (exact) mass is 332 g/mol. The summed E-state index contributed by atoms with van der Waals surface area (Å²) in [6.45, 7) is 4.38. The van der Waals surface area contributed by atoms with Crippen molar-refractivity contribution in [3.63, 3.8) is 0 Å². The molecule has 1 fully saturated rings. The summed E-state index contributed by atoms with van der Waals surface area (Å²) in [5, 5.41) is 0. The zero-order chi connectivity index (χ0) is 16.5. The van der Waals surface area contributed by atoms with Crippen LogP contribution in [0.15, 0.2) is 0 Å². The summed E-state index contributed by atoms with van der Waals surface area (Å²) in [6, 6.07) is -0.0547. The number of carbonyl (C=O) groups excluding carboxylic acids is 1. The molecule has 6 heteroatoms. The van der Waals surface area contributed by atoms with Crippen molar-refractivity contribution in [2.24, 2.45) is 23.5 Å². The summed E-state index contributed by atoms with van der Waals surface area (Å²) in [5.74, 6) is 0.151. The summed E-state index contributed by atoms with van der Waals surface area (Å²) >= 11 is 0. The molecule has 0 bridgehead atoms. The topological polar surface area (TPSA) is 78.6 Å². The van der Waals surface area contributed by atoms with E-state index in [4.69, 9.17) is 15.0 Å². The first-order chi connectivity index (χ1) is 10.4. The number of nitrogens with two attached hydrogens (primary N) is 1. The van der Waals surface area contributed by atoms with Crippen molar-refractivity contribution in [3.8, 4) is 0 Å². The largest absolute Gasteiger partial charge is 0.509 e. The van der Waals surface area contributed by atoms with Crippen molar-refractivity contribution < 1.29 is 18.6 Å². The third-order valence-corrected chi connectivity index (χ3v) is 5.50. The number of carbonyl (C=O) groups is 1. The van der Waals surface area contributed by atoms with E-state index in [9.17, 15) is 9.36 Å². The number of methoxy groups -OCH3 is 1. The molecule has 0 spiro atoms. The first-order valence-corrected chi connectivity index (χ1v) is 9.71. The SMILES string of the molecule is COC(=O)C(CC(C)C)C[P+](=O)OCC(N)C1CCCCC1. The Morgan fingerprint density at radius 1 is 1.27 bits per heavy atom. The van der Waals surface area contributed by atoms with Crippen molar-refractivity contribution in [2.75, 3.05) is 19.9 Å². The molecule has 0 aromatic rings. The van der Waals surface area contributed by atoms with Gasteiger partial charge in [-0.2, -0.15) is 0 Å². The molecule has 0 aromatic heterocycles. The van der Waals surface area contributed by atoms with E-state index < -0.39 is 8.03 Å². The van der Waals surface area contributed by atoms with Gasteiger partial charge in [-0.25, -0.2) is 0 Å². The smallest absolute Gasteiger partial charge is 0.469 e. The highest BCUT2D eigenvalue weighted by Gasteiger charge is 2.33. The van der Waals surface area contributed by atoms with Crippen LogP contribution in [0.4, 0.5) is 0 Å². The lowest BCUT2D eigenvalue weighted by Gasteiger charge is -2.25. The third-order valence-electron chi connectivity index (χ3n) is 4.33. The van der Waals surface area contributed by atoms with Crippen LogP contribution in [0.5, 0.6) is 0 Å². The predicted molar refractivity (Wildman–Crippen MR) is 87.9 cm³/mol. The van der Waals surface area contributed by atoms with Gasteiger partial charge in [0.25, 0.3) is 0 Å². The second kappa shape index (κ2) is 10.3. The average molecular weight is 332 g/mol. The molecule has 1 aliphatic rings. The van der Waals surface area contributed by atoms with E-state index in [1.54, 1.807) is 0 Å². The molecule has 3 unspecified atom stereocenters.